The normalized spacial score (nSPS) is 11.9. The van der Waals surface area contributed by atoms with Gasteiger partial charge in [-0.05, 0) is 24.1 Å². The molecule has 1 unspecified atom stereocenters. The molecule has 0 spiro atoms. The molecule has 0 aliphatic carbocycles. The van der Waals surface area contributed by atoms with Crippen LogP contribution in [-0.4, -0.2) is 24.1 Å². The fourth-order valence-corrected chi connectivity index (χ4v) is 2.16. The number of carbonyl (C=O) groups is 1. The first-order valence-electron chi connectivity index (χ1n) is 6.59. The highest BCUT2D eigenvalue weighted by molar-refractivity contribution is 5.98. The van der Waals surface area contributed by atoms with Gasteiger partial charge in [0.25, 0.3) is 0 Å². The topological polar surface area (TPSA) is 46.5 Å². The van der Waals surface area contributed by atoms with Gasteiger partial charge in [0.1, 0.15) is 5.75 Å². The Morgan fingerprint density at radius 2 is 1.75 bits per heavy atom. The van der Waals surface area contributed by atoms with Crippen molar-refractivity contribution in [1.29, 1.82) is 0 Å². The van der Waals surface area contributed by atoms with Crippen molar-refractivity contribution in [2.45, 2.75) is 18.9 Å². The summed E-state index contributed by atoms with van der Waals surface area (Å²) in [5.74, 6) is 0.440. The fourth-order valence-electron chi connectivity index (χ4n) is 2.16. The first kappa shape index (κ1) is 14.3. The summed E-state index contributed by atoms with van der Waals surface area (Å²) >= 11 is 0. The van der Waals surface area contributed by atoms with E-state index in [4.69, 9.17) is 4.74 Å². The van der Waals surface area contributed by atoms with Crippen LogP contribution in [0.3, 0.4) is 0 Å². The lowest BCUT2D eigenvalue weighted by Crippen LogP contribution is -2.16. The van der Waals surface area contributed by atoms with E-state index in [2.05, 4.69) is 0 Å². The molecule has 0 saturated heterocycles. The molecule has 2 rings (SSSR count). The molecule has 0 aromatic heterocycles. The first-order valence-corrected chi connectivity index (χ1v) is 6.59. The third-order valence-electron chi connectivity index (χ3n) is 3.14. The Balaban J connectivity index is 2.00. The van der Waals surface area contributed by atoms with Crippen molar-refractivity contribution in [1.82, 2.24) is 0 Å². The zero-order valence-corrected chi connectivity index (χ0v) is 11.5. The zero-order chi connectivity index (χ0) is 14.4. The van der Waals surface area contributed by atoms with E-state index in [1.807, 2.05) is 36.4 Å². The summed E-state index contributed by atoms with van der Waals surface area (Å²) in [4.78, 5) is 12.2. The number of benzene rings is 2. The van der Waals surface area contributed by atoms with E-state index < -0.39 is 6.10 Å². The zero-order valence-electron chi connectivity index (χ0n) is 11.5. The van der Waals surface area contributed by atoms with Gasteiger partial charge in [-0.25, -0.2) is 0 Å². The SMILES string of the molecule is COc1ccccc1C(=O)CC(O)Cc1ccccc1. The number of rotatable bonds is 6. The molecule has 1 atom stereocenters. The van der Waals surface area contributed by atoms with Gasteiger partial charge >= 0.3 is 0 Å². The number of aliphatic hydroxyl groups is 1. The van der Waals surface area contributed by atoms with E-state index in [0.717, 1.165) is 5.56 Å². The van der Waals surface area contributed by atoms with Gasteiger partial charge < -0.3 is 9.84 Å². The maximum atomic E-state index is 12.2. The van der Waals surface area contributed by atoms with Crippen LogP contribution in [0.1, 0.15) is 22.3 Å². The van der Waals surface area contributed by atoms with E-state index in [0.29, 0.717) is 17.7 Å². The van der Waals surface area contributed by atoms with Crippen LogP contribution < -0.4 is 4.74 Å². The van der Waals surface area contributed by atoms with Crippen molar-refractivity contribution in [3.8, 4) is 5.75 Å². The number of para-hydroxylation sites is 1. The molecule has 104 valence electrons. The number of ether oxygens (including phenoxy) is 1. The molecule has 2 aromatic rings. The van der Waals surface area contributed by atoms with Crippen molar-refractivity contribution in [2.75, 3.05) is 7.11 Å². The largest absolute Gasteiger partial charge is 0.496 e. The Bertz CT molecular complexity index is 563. The Hall–Kier alpha value is -2.13. The predicted octanol–water partition coefficient (Wildman–Crippen LogP) is 2.87. The molecule has 0 radical (unpaired) electrons. The number of methoxy groups -OCH3 is 1. The number of Topliss-reactive ketones (excluding diaryl/α,β-unsaturated/α-hetero) is 1. The van der Waals surface area contributed by atoms with Crippen LogP contribution in [0.25, 0.3) is 0 Å². The smallest absolute Gasteiger partial charge is 0.169 e. The van der Waals surface area contributed by atoms with Crippen LogP contribution in [0, 0.1) is 0 Å². The molecule has 20 heavy (non-hydrogen) atoms. The lowest BCUT2D eigenvalue weighted by molar-refractivity contribution is 0.0878. The third-order valence-corrected chi connectivity index (χ3v) is 3.14. The van der Waals surface area contributed by atoms with Crippen molar-refractivity contribution in [3.05, 3.63) is 65.7 Å². The monoisotopic (exact) mass is 270 g/mol. The minimum absolute atomic E-state index is 0.0925. The molecular formula is C17H18O3. The summed E-state index contributed by atoms with van der Waals surface area (Å²) < 4.78 is 5.16. The van der Waals surface area contributed by atoms with Gasteiger partial charge in [-0.1, -0.05) is 42.5 Å². The van der Waals surface area contributed by atoms with Gasteiger partial charge in [0.15, 0.2) is 5.78 Å². The second kappa shape index (κ2) is 6.87. The summed E-state index contributed by atoms with van der Waals surface area (Å²) in [5.41, 5.74) is 1.54. The predicted molar refractivity (Wildman–Crippen MR) is 78.1 cm³/mol. The highest BCUT2D eigenvalue weighted by Crippen LogP contribution is 2.20. The summed E-state index contributed by atoms with van der Waals surface area (Å²) in [5, 5.41) is 10.0. The maximum Gasteiger partial charge on any atom is 0.169 e. The minimum Gasteiger partial charge on any atom is -0.496 e. The molecule has 2 aromatic carbocycles. The van der Waals surface area contributed by atoms with Gasteiger partial charge in [0.2, 0.25) is 0 Å². The molecular weight excluding hydrogens is 252 g/mol. The Labute approximate surface area is 118 Å². The number of hydrogen-bond acceptors (Lipinski definition) is 3. The summed E-state index contributed by atoms with van der Waals surface area (Å²) in [6, 6.07) is 16.7. The molecule has 0 saturated carbocycles. The second-order valence-electron chi connectivity index (χ2n) is 4.67. The molecule has 1 N–H and O–H groups in total. The van der Waals surface area contributed by atoms with Crippen molar-refractivity contribution < 1.29 is 14.6 Å². The molecule has 3 heteroatoms. The molecule has 0 aliphatic heterocycles. The van der Waals surface area contributed by atoms with Crippen molar-refractivity contribution in [2.24, 2.45) is 0 Å². The summed E-state index contributed by atoms with van der Waals surface area (Å²) in [6.45, 7) is 0. The number of carbonyl (C=O) groups excluding carboxylic acids is 1. The molecule has 0 amide bonds. The van der Waals surface area contributed by atoms with Crippen LogP contribution in [0.5, 0.6) is 5.75 Å². The fraction of sp³-hybridized carbons (Fsp3) is 0.235. The lowest BCUT2D eigenvalue weighted by Gasteiger charge is -2.11. The van der Waals surface area contributed by atoms with Gasteiger partial charge in [-0.3, -0.25) is 4.79 Å². The minimum atomic E-state index is -0.685. The van der Waals surface area contributed by atoms with Gasteiger partial charge in [-0.2, -0.15) is 0 Å². The summed E-state index contributed by atoms with van der Waals surface area (Å²) in [7, 11) is 1.53. The highest BCUT2D eigenvalue weighted by Gasteiger charge is 2.16. The highest BCUT2D eigenvalue weighted by atomic mass is 16.5. The van der Waals surface area contributed by atoms with Crippen LogP contribution in [0.4, 0.5) is 0 Å². The average Bonchev–Trinajstić information content (AvgIpc) is 2.48. The Morgan fingerprint density at radius 3 is 2.45 bits per heavy atom. The first-order chi connectivity index (χ1) is 9.70. The van der Waals surface area contributed by atoms with Gasteiger partial charge in [0, 0.05) is 6.42 Å². The Kier molecular flexibility index (Phi) is 4.91. The van der Waals surface area contributed by atoms with Gasteiger partial charge in [-0.15, -0.1) is 0 Å². The molecule has 0 bridgehead atoms. The third kappa shape index (κ3) is 3.68. The quantitative estimate of drug-likeness (QED) is 0.821. The lowest BCUT2D eigenvalue weighted by atomic mass is 10.00. The van der Waals surface area contributed by atoms with E-state index in [-0.39, 0.29) is 12.2 Å². The molecule has 3 nitrogen and oxygen atoms in total. The second-order valence-corrected chi connectivity index (χ2v) is 4.67. The van der Waals surface area contributed by atoms with Crippen LogP contribution in [0.15, 0.2) is 54.6 Å². The van der Waals surface area contributed by atoms with Crippen molar-refractivity contribution in [3.63, 3.8) is 0 Å². The van der Waals surface area contributed by atoms with Gasteiger partial charge in [0.05, 0.1) is 18.8 Å². The maximum absolute atomic E-state index is 12.2. The van der Waals surface area contributed by atoms with E-state index >= 15 is 0 Å². The van der Waals surface area contributed by atoms with E-state index in [1.165, 1.54) is 7.11 Å². The molecule has 0 heterocycles. The standard InChI is InChI=1S/C17H18O3/c1-20-17-10-6-5-9-15(17)16(19)12-14(18)11-13-7-3-2-4-8-13/h2-10,14,18H,11-12H2,1H3. The van der Waals surface area contributed by atoms with Crippen LogP contribution in [0.2, 0.25) is 0 Å². The Morgan fingerprint density at radius 1 is 1.10 bits per heavy atom. The van der Waals surface area contributed by atoms with E-state index in [1.54, 1.807) is 18.2 Å². The van der Waals surface area contributed by atoms with E-state index in [9.17, 15) is 9.90 Å². The van der Waals surface area contributed by atoms with Crippen LogP contribution in [-0.2, 0) is 6.42 Å². The number of ketones is 1. The average molecular weight is 270 g/mol. The summed E-state index contributed by atoms with van der Waals surface area (Å²) in [6.07, 6.45) is -0.119. The van der Waals surface area contributed by atoms with Crippen LogP contribution >= 0.6 is 0 Å². The molecule has 0 fully saturated rings. The van der Waals surface area contributed by atoms with Crippen molar-refractivity contribution >= 4 is 5.78 Å². The number of hydrogen-bond donors (Lipinski definition) is 1. The molecule has 0 aliphatic rings. The number of aliphatic hydroxyl groups excluding tert-OH is 1.